The van der Waals surface area contributed by atoms with E-state index < -0.39 is 5.97 Å². The second-order valence-electron chi connectivity index (χ2n) is 3.70. The normalized spacial score (nSPS) is 14.6. The number of aliphatic hydroxyl groups excluding tert-OH is 1. The van der Waals surface area contributed by atoms with Gasteiger partial charge in [-0.2, -0.15) is 0 Å². The summed E-state index contributed by atoms with van der Waals surface area (Å²) in [5.41, 5.74) is 2.21. The minimum Gasteiger partial charge on any atom is -0.507 e. The molecule has 0 unspecified atom stereocenters. The Balaban J connectivity index is 2.39. The van der Waals surface area contributed by atoms with E-state index in [1.807, 2.05) is 24.3 Å². The van der Waals surface area contributed by atoms with Crippen LogP contribution in [0.4, 0.5) is 0 Å². The van der Waals surface area contributed by atoms with Crippen LogP contribution >= 0.6 is 0 Å². The number of aryl methyl sites for hydroxylation is 1. The zero-order valence-electron chi connectivity index (χ0n) is 9.19. The number of benzene rings is 1. The molecule has 0 amide bonds. The van der Waals surface area contributed by atoms with Crippen LogP contribution < -0.4 is 0 Å². The fourth-order valence-electron chi connectivity index (χ4n) is 1.93. The molecule has 0 atom stereocenters. The Bertz CT molecular complexity index is 446. The molecule has 0 aliphatic heterocycles. The Labute approximate surface area is 94.4 Å². The van der Waals surface area contributed by atoms with E-state index in [0.717, 1.165) is 17.5 Å². The number of aliphatic hydroxyl groups is 1. The first-order chi connectivity index (χ1) is 7.74. The zero-order chi connectivity index (χ0) is 11.5. The van der Waals surface area contributed by atoms with Gasteiger partial charge in [-0.15, -0.1) is 0 Å². The molecule has 0 saturated heterocycles. The number of esters is 1. The van der Waals surface area contributed by atoms with Gasteiger partial charge in [0.1, 0.15) is 5.76 Å². The Morgan fingerprint density at radius 3 is 2.88 bits per heavy atom. The number of rotatable bonds is 2. The van der Waals surface area contributed by atoms with Gasteiger partial charge in [0, 0.05) is 5.56 Å². The highest BCUT2D eigenvalue weighted by Crippen LogP contribution is 2.29. The lowest BCUT2D eigenvalue weighted by Crippen LogP contribution is -2.14. The molecule has 1 aliphatic carbocycles. The van der Waals surface area contributed by atoms with Crippen molar-refractivity contribution in [3.63, 3.8) is 0 Å². The van der Waals surface area contributed by atoms with Crippen LogP contribution in [0.25, 0.3) is 5.76 Å². The Morgan fingerprint density at radius 2 is 2.12 bits per heavy atom. The number of carbonyl (C=O) groups is 1. The van der Waals surface area contributed by atoms with Crippen molar-refractivity contribution in [1.82, 2.24) is 0 Å². The molecule has 0 heterocycles. The SMILES string of the molecule is CCOC(=O)C1=C(O)c2ccccc2CC1. The number of fused-ring (bicyclic) bond motifs is 1. The highest BCUT2D eigenvalue weighted by atomic mass is 16.5. The van der Waals surface area contributed by atoms with Crippen LogP contribution in [0.2, 0.25) is 0 Å². The van der Waals surface area contributed by atoms with Crippen molar-refractivity contribution >= 4 is 11.7 Å². The van der Waals surface area contributed by atoms with E-state index in [1.54, 1.807) is 6.92 Å². The summed E-state index contributed by atoms with van der Waals surface area (Å²) in [6.45, 7) is 2.09. The molecule has 3 nitrogen and oxygen atoms in total. The molecule has 1 N–H and O–H groups in total. The van der Waals surface area contributed by atoms with Gasteiger partial charge in [0.2, 0.25) is 0 Å². The zero-order valence-corrected chi connectivity index (χ0v) is 9.19. The third-order valence-electron chi connectivity index (χ3n) is 2.72. The molecule has 0 aromatic heterocycles. The molecule has 0 saturated carbocycles. The maximum atomic E-state index is 11.6. The van der Waals surface area contributed by atoms with E-state index in [9.17, 15) is 9.90 Å². The quantitative estimate of drug-likeness (QED) is 0.775. The lowest BCUT2D eigenvalue weighted by Gasteiger charge is -2.18. The van der Waals surface area contributed by atoms with Gasteiger partial charge in [-0.25, -0.2) is 4.79 Å². The smallest absolute Gasteiger partial charge is 0.337 e. The van der Waals surface area contributed by atoms with E-state index >= 15 is 0 Å². The first kappa shape index (κ1) is 10.7. The van der Waals surface area contributed by atoms with Crippen molar-refractivity contribution in [2.45, 2.75) is 19.8 Å². The van der Waals surface area contributed by atoms with Crippen molar-refractivity contribution in [2.24, 2.45) is 0 Å². The first-order valence-corrected chi connectivity index (χ1v) is 5.41. The van der Waals surface area contributed by atoms with Crippen molar-refractivity contribution in [3.8, 4) is 0 Å². The Morgan fingerprint density at radius 1 is 1.38 bits per heavy atom. The standard InChI is InChI=1S/C13H14O3/c1-2-16-13(15)11-8-7-9-5-3-4-6-10(9)12(11)14/h3-6,14H,2,7-8H2,1H3. The number of ether oxygens (including phenoxy) is 1. The summed E-state index contributed by atoms with van der Waals surface area (Å²) in [6, 6.07) is 7.57. The van der Waals surface area contributed by atoms with Gasteiger partial charge in [-0.3, -0.25) is 0 Å². The topological polar surface area (TPSA) is 46.5 Å². The second kappa shape index (κ2) is 4.39. The average Bonchev–Trinajstić information content (AvgIpc) is 2.30. The van der Waals surface area contributed by atoms with Crippen molar-refractivity contribution in [1.29, 1.82) is 0 Å². The van der Waals surface area contributed by atoms with Gasteiger partial charge in [-0.1, -0.05) is 24.3 Å². The lowest BCUT2D eigenvalue weighted by atomic mass is 9.91. The summed E-state index contributed by atoms with van der Waals surface area (Å²) in [7, 11) is 0. The third kappa shape index (κ3) is 1.81. The summed E-state index contributed by atoms with van der Waals surface area (Å²) in [6.07, 6.45) is 1.32. The van der Waals surface area contributed by atoms with E-state index in [0.29, 0.717) is 18.6 Å². The second-order valence-corrected chi connectivity index (χ2v) is 3.70. The number of hydrogen-bond acceptors (Lipinski definition) is 3. The number of hydrogen-bond donors (Lipinski definition) is 1. The fourth-order valence-corrected chi connectivity index (χ4v) is 1.93. The summed E-state index contributed by atoms with van der Waals surface area (Å²) >= 11 is 0. The minimum atomic E-state index is -0.408. The highest BCUT2D eigenvalue weighted by molar-refractivity contribution is 5.97. The van der Waals surface area contributed by atoms with Crippen molar-refractivity contribution < 1.29 is 14.6 Å². The van der Waals surface area contributed by atoms with Crippen LogP contribution in [0.1, 0.15) is 24.5 Å². The predicted octanol–water partition coefficient (Wildman–Crippen LogP) is 2.47. The average molecular weight is 218 g/mol. The first-order valence-electron chi connectivity index (χ1n) is 5.41. The van der Waals surface area contributed by atoms with Gasteiger partial charge in [0.25, 0.3) is 0 Å². The molecule has 3 heteroatoms. The summed E-state index contributed by atoms with van der Waals surface area (Å²) in [5.74, 6) is -0.338. The van der Waals surface area contributed by atoms with Crippen molar-refractivity contribution in [3.05, 3.63) is 41.0 Å². The number of carbonyl (C=O) groups excluding carboxylic acids is 1. The fraction of sp³-hybridized carbons (Fsp3) is 0.308. The monoisotopic (exact) mass is 218 g/mol. The van der Waals surface area contributed by atoms with Crippen LogP contribution in [0.15, 0.2) is 29.8 Å². The minimum absolute atomic E-state index is 0.0697. The molecular formula is C13H14O3. The Kier molecular flexibility index (Phi) is 2.95. The molecule has 84 valence electrons. The third-order valence-corrected chi connectivity index (χ3v) is 2.72. The van der Waals surface area contributed by atoms with Crippen LogP contribution in [-0.2, 0) is 16.0 Å². The van der Waals surface area contributed by atoms with Gasteiger partial charge >= 0.3 is 5.97 Å². The van der Waals surface area contributed by atoms with Gasteiger partial charge in [0.15, 0.2) is 0 Å². The van der Waals surface area contributed by atoms with Crippen molar-refractivity contribution in [2.75, 3.05) is 6.61 Å². The van der Waals surface area contributed by atoms with Gasteiger partial charge in [-0.05, 0) is 25.3 Å². The molecule has 1 aromatic carbocycles. The molecule has 0 bridgehead atoms. The van der Waals surface area contributed by atoms with E-state index in [1.165, 1.54) is 0 Å². The van der Waals surface area contributed by atoms with Gasteiger partial charge < -0.3 is 9.84 Å². The van der Waals surface area contributed by atoms with Gasteiger partial charge in [0.05, 0.1) is 12.2 Å². The summed E-state index contributed by atoms with van der Waals surface area (Å²) < 4.78 is 4.91. The van der Waals surface area contributed by atoms with Crippen LogP contribution in [0.3, 0.4) is 0 Å². The summed E-state index contributed by atoms with van der Waals surface area (Å²) in [5, 5.41) is 10.00. The van der Waals surface area contributed by atoms with E-state index in [2.05, 4.69) is 0 Å². The molecule has 1 aliphatic rings. The molecule has 16 heavy (non-hydrogen) atoms. The van der Waals surface area contributed by atoms with Crippen LogP contribution in [0.5, 0.6) is 0 Å². The molecule has 1 aromatic rings. The predicted molar refractivity (Wildman–Crippen MR) is 60.9 cm³/mol. The molecular weight excluding hydrogens is 204 g/mol. The summed E-state index contributed by atoms with van der Waals surface area (Å²) in [4.78, 5) is 11.6. The molecule has 0 fully saturated rings. The van der Waals surface area contributed by atoms with Crippen LogP contribution in [-0.4, -0.2) is 17.7 Å². The largest absolute Gasteiger partial charge is 0.507 e. The van der Waals surface area contributed by atoms with E-state index in [4.69, 9.17) is 4.74 Å². The maximum absolute atomic E-state index is 11.6. The van der Waals surface area contributed by atoms with E-state index in [-0.39, 0.29) is 5.76 Å². The lowest BCUT2D eigenvalue weighted by molar-refractivity contribution is -0.138. The Hall–Kier alpha value is -1.77. The maximum Gasteiger partial charge on any atom is 0.337 e. The molecule has 0 radical (unpaired) electrons. The molecule has 2 rings (SSSR count). The van der Waals surface area contributed by atoms with Crippen LogP contribution in [0, 0.1) is 0 Å². The highest BCUT2D eigenvalue weighted by Gasteiger charge is 2.23. The molecule has 0 spiro atoms.